The number of hydrogen-bond acceptors (Lipinski definition) is 2. The first-order valence-electron chi connectivity index (χ1n) is 6.41. The number of benzene rings is 1. The molecule has 1 fully saturated rings. The van der Waals surface area contributed by atoms with Crippen LogP contribution in [0.15, 0.2) is 18.2 Å². The van der Waals surface area contributed by atoms with Crippen LogP contribution in [-0.4, -0.2) is 23.9 Å². The standard InChI is InChI=1S/C15H22O2/c1-10-4-11(2)6-13(5-10)8-15(16)14-7-12(3)17-9-14/h4-6,12,14-16H,7-9H2,1-3H3. The molecular formula is C15H22O2. The van der Waals surface area contributed by atoms with E-state index in [1.54, 1.807) is 0 Å². The fourth-order valence-electron chi connectivity index (χ4n) is 2.71. The zero-order chi connectivity index (χ0) is 12.4. The van der Waals surface area contributed by atoms with Crippen LogP contribution >= 0.6 is 0 Å². The van der Waals surface area contributed by atoms with Crippen molar-refractivity contribution >= 4 is 0 Å². The van der Waals surface area contributed by atoms with Crippen LogP contribution in [0, 0.1) is 19.8 Å². The van der Waals surface area contributed by atoms with Gasteiger partial charge in [0, 0.05) is 5.92 Å². The van der Waals surface area contributed by atoms with Crippen LogP contribution in [0.3, 0.4) is 0 Å². The third kappa shape index (κ3) is 3.30. The summed E-state index contributed by atoms with van der Waals surface area (Å²) in [5, 5.41) is 10.2. The number of ether oxygens (including phenoxy) is 1. The first kappa shape index (κ1) is 12.6. The van der Waals surface area contributed by atoms with Crippen molar-refractivity contribution in [3.63, 3.8) is 0 Å². The second kappa shape index (κ2) is 5.19. The number of aryl methyl sites for hydroxylation is 2. The highest BCUT2D eigenvalue weighted by molar-refractivity contribution is 5.29. The molecule has 17 heavy (non-hydrogen) atoms. The number of aliphatic hydroxyl groups excluding tert-OH is 1. The molecule has 0 bridgehead atoms. The average Bonchev–Trinajstić information content (AvgIpc) is 2.63. The Labute approximate surface area is 104 Å². The van der Waals surface area contributed by atoms with Crippen LogP contribution in [0.4, 0.5) is 0 Å². The van der Waals surface area contributed by atoms with Gasteiger partial charge in [0.25, 0.3) is 0 Å². The van der Waals surface area contributed by atoms with E-state index in [0.717, 1.165) is 12.8 Å². The van der Waals surface area contributed by atoms with Gasteiger partial charge < -0.3 is 9.84 Å². The van der Waals surface area contributed by atoms with Gasteiger partial charge in [0.2, 0.25) is 0 Å². The van der Waals surface area contributed by atoms with Crippen molar-refractivity contribution in [2.75, 3.05) is 6.61 Å². The molecule has 1 aliphatic heterocycles. The molecular weight excluding hydrogens is 212 g/mol. The molecule has 94 valence electrons. The van der Waals surface area contributed by atoms with E-state index in [-0.39, 0.29) is 6.10 Å². The summed E-state index contributed by atoms with van der Waals surface area (Å²) in [4.78, 5) is 0. The number of rotatable bonds is 3. The molecule has 1 N–H and O–H groups in total. The van der Waals surface area contributed by atoms with Crippen molar-refractivity contribution in [1.82, 2.24) is 0 Å². The minimum Gasteiger partial charge on any atom is -0.392 e. The fraction of sp³-hybridized carbons (Fsp3) is 0.600. The van der Waals surface area contributed by atoms with Gasteiger partial charge in [-0.3, -0.25) is 0 Å². The third-order valence-corrected chi connectivity index (χ3v) is 3.50. The van der Waals surface area contributed by atoms with Crippen LogP contribution in [0.5, 0.6) is 0 Å². The first-order chi connectivity index (χ1) is 8.04. The van der Waals surface area contributed by atoms with Crippen molar-refractivity contribution in [3.8, 4) is 0 Å². The first-order valence-corrected chi connectivity index (χ1v) is 6.41. The monoisotopic (exact) mass is 234 g/mol. The van der Waals surface area contributed by atoms with Crippen LogP contribution < -0.4 is 0 Å². The summed E-state index contributed by atoms with van der Waals surface area (Å²) in [7, 11) is 0. The van der Waals surface area contributed by atoms with Gasteiger partial charge in [-0.05, 0) is 39.2 Å². The van der Waals surface area contributed by atoms with E-state index in [1.807, 2.05) is 0 Å². The summed E-state index contributed by atoms with van der Waals surface area (Å²) < 4.78 is 5.51. The number of aliphatic hydroxyl groups is 1. The molecule has 1 saturated heterocycles. The van der Waals surface area contributed by atoms with E-state index >= 15 is 0 Å². The van der Waals surface area contributed by atoms with Crippen molar-refractivity contribution in [3.05, 3.63) is 34.9 Å². The fourth-order valence-corrected chi connectivity index (χ4v) is 2.71. The third-order valence-electron chi connectivity index (χ3n) is 3.50. The molecule has 1 aromatic rings. The van der Waals surface area contributed by atoms with E-state index in [1.165, 1.54) is 16.7 Å². The highest BCUT2D eigenvalue weighted by Crippen LogP contribution is 2.24. The van der Waals surface area contributed by atoms with Gasteiger partial charge in [0.15, 0.2) is 0 Å². The Hall–Kier alpha value is -0.860. The van der Waals surface area contributed by atoms with Gasteiger partial charge in [-0.25, -0.2) is 0 Å². The SMILES string of the molecule is Cc1cc(C)cc(CC(O)C2COC(C)C2)c1. The predicted molar refractivity (Wildman–Crippen MR) is 69.1 cm³/mol. The maximum atomic E-state index is 10.2. The minimum absolute atomic E-state index is 0.277. The van der Waals surface area contributed by atoms with Crippen molar-refractivity contribution in [2.24, 2.45) is 5.92 Å². The van der Waals surface area contributed by atoms with Crippen LogP contribution in [0.1, 0.15) is 30.0 Å². The van der Waals surface area contributed by atoms with E-state index in [0.29, 0.717) is 18.6 Å². The van der Waals surface area contributed by atoms with E-state index in [9.17, 15) is 5.11 Å². The van der Waals surface area contributed by atoms with Gasteiger partial charge >= 0.3 is 0 Å². The smallest absolute Gasteiger partial charge is 0.0631 e. The Balaban J connectivity index is 2.00. The molecule has 1 aliphatic rings. The second-order valence-electron chi connectivity index (χ2n) is 5.41. The summed E-state index contributed by atoms with van der Waals surface area (Å²) in [6.07, 6.45) is 1.74. The molecule has 0 saturated carbocycles. The Kier molecular flexibility index (Phi) is 3.85. The Morgan fingerprint density at radius 2 is 1.94 bits per heavy atom. The van der Waals surface area contributed by atoms with Crippen molar-refractivity contribution < 1.29 is 9.84 Å². The van der Waals surface area contributed by atoms with E-state index in [2.05, 4.69) is 39.0 Å². The minimum atomic E-state index is -0.277. The van der Waals surface area contributed by atoms with E-state index < -0.39 is 0 Å². The maximum Gasteiger partial charge on any atom is 0.0631 e. The second-order valence-corrected chi connectivity index (χ2v) is 5.41. The molecule has 0 radical (unpaired) electrons. The molecule has 3 unspecified atom stereocenters. The molecule has 1 aromatic carbocycles. The average molecular weight is 234 g/mol. The molecule has 0 amide bonds. The Morgan fingerprint density at radius 1 is 1.29 bits per heavy atom. The zero-order valence-electron chi connectivity index (χ0n) is 10.9. The van der Waals surface area contributed by atoms with Crippen LogP contribution in [0.25, 0.3) is 0 Å². The lowest BCUT2D eigenvalue weighted by atomic mass is 9.93. The lowest BCUT2D eigenvalue weighted by Gasteiger charge is -2.17. The molecule has 3 atom stereocenters. The van der Waals surface area contributed by atoms with Gasteiger partial charge in [0.1, 0.15) is 0 Å². The van der Waals surface area contributed by atoms with Crippen molar-refractivity contribution in [2.45, 2.75) is 45.8 Å². The van der Waals surface area contributed by atoms with E-state index in [4.69, 9.17) is 4.74 Å². The normalized spacial score (nSPS) is 26.1. The summed E-state index contributed by atoms with van der Waals surface area (Å²) in [6.45, 7) is 6.98. The van der Waals surface area contributed by atoms with Gasteiger partial charge in [-0.1, -0.05) is 29.3 Å². The van der Waals surface area contributed by atoms with Gasteiger partial charge in [-0.15, -0.1) is 0 Å². The molecule has 0 aliphatic carbocycles. The lowest BCUT2D eigenvalue weighted by Crippen LogP contribution is -2.23. The molecule has 2 nitrogen and oxygen atoms in total. The van der Waals surface area contributed by atoms with Gasteiger partial charge in [-0.2, -0.15) is 0 Å². The maximum absolute atomic E-state index is 10.2. The summed E-state index contributed by atoms with van der Waals surface area (Å²) in [5.41, 5.74) is 3.76. The zero-order valence-corrected chi connectivity index (χ0v) is 10.9. The quantitative estimate of drug-likeness (QED) is 0.871. The van der Waals surface area contributed by atoms with Crippen molar-refractivity contribution in [1.29, 1.82) is 0 Å². The predicted octanol–water partition coefficient (Wildman–Crippen LogP) is 2.63. The Morgan fingerprint density at radius 3 is 2.47 bits per heavy atom. The molecule has 2 heteroatoms. The molecule has 0 aromatic heterocycles. The highest BCUT2D eigenvalue weighted by atomic mass is 16.5. The largest absolute Gasteiger partial charge is 0.392 e. The molecule has 2 rings (SSSR count). The summed E-state index contributed by atoms with van der Waals surface area (Å²) in [6, 6.07) is 6.49. The highest BCUT2D eigenvalue weighted by Gasteiger charge is 2.28. The summed E-state index contributed by atoms with van der Waals surface area (Å²) >= 11 is 0. The van der Waals surface area contributed by atoms with Crippen LogP contribution in [-0.2, 0) is 11.2 Å². The lowest BCUT2D eigenvalue weighted by molar-refractivity contribution is 0.0807. The topological polar surface area (TPSA) is 29.5 Å². The molecule has 1 heterocycles. The molecule has 0 spiro atoms. The summed E-state index contributed by atoms with van der Waals surface area (Å²) in [5.74, 6) is 0.297. The van der Waals surface area contributed by atoms with Crippen LogP contribution in [0.2, 0.25) is 0 Å². The van der Waals surface area contributed by atoms with Gasteiger partial charge in [0.05, 0.1) is 18.8 Å². The Bertz CT molecular complexity index is 366. The number of hydrogen-bond donors (Lipinski definition) is 1.